The van der Waals surface area contributed by atoms with Crippen LogP contribution in [0.3, 0.4) is 0 Å². The molecule has 1 rings (SSSR count). The minimum Gasteiger partial charge on any atom is -0.387 e. The first kappa shape index (κ1) is 10.5. The highest BCUT2D eigenvalue weighted by molar-refractivity contribution is 5.77. The first-order chi connectivity index (χ1) is 6.13. The molecule has 1 atom stereocenters. The van der Waals surface area contributed by atoms with Gasteiger partial charge in [-0.05, 0) is 20.3 Å². The summed E-state index contributed by atoms with van der Waals surface area (Å²) in [5.74, 6) is -0.199. The molecule has 1 heterocycles. The van der Waals surface area contributed by atoms with Crippen LogP contribution < -0.4 is 0 Å². The van der Waals surface area contributed by atoms with E-state index in [1.807, 2.05) is 13.8 Å². The zero-order chi connectivity index (χ0) is 9.84. The predicted molar refractivity (Wildman–Crippen MR) is 48.3 cm³/mol. The maximum atomic E-state index is 11.1. The molecule has 13 heavy (non-hydrogen) atoms. The second kappa shape index (κ2) is 4.58. The Labute approximate surface area is 78.5 Å². The van der Waals surface area contributed by atoms with E-state index in [2.05, 4.69) is 0 Å². The Kier molecular flexibility index (Phi) is 3.69. The number of likely N-dealkylation sites (tertiary alicyclic amines) is 1. The lowest BCUT2D eigenvalue weighted by molar-refractivity contribution is -0.133. The van der Waals surface area contributed by atoms with Crippen molar-refractivity contribution in [3.8, 4) is 0 Å². The van der Waals surface area contributed by atoms with Crippen molar-refractivity contribution in [1.82, 2.24) is 4.90 Å². The molecule has 0 spiro atoms. The molecule has 1 saturated heterocycles. The van der Waals surface area contributed by atoms with Crippen LogP contribution in [0, 0.1) is 0 Å². The monoisotopic (exact) mass is 187 g/mol. The zero-order valence-corrected chi connectivity index (χ0v) is 8.19. The average molecular weight is 187 g/mol. The smallest absolute Gasteiger partial charge is 0.248 e. The molecule has 0 aromatic heterocycles. The Hall–Kier alpha value is -0.610. The number of carbonyl (C=O) groups excluding carboxylic acids is 1. The van der Waals surface area contributed by atoms with E-state index in [0.29, 0.717) is 13.1 Å². The third-order valence-corrected chi connectivity index (χ3v) is 2.10. The molecule has 0 bridgehead atoms. The summed E-state index contributed by atoms with van der Waals surface area (Å²) in [6, 6.07) is 0. The molecular formula is C9H17NO3. The number of rotatable bonds is 3. The predicted octanol–water partition coefficient (Wildman–Crippen LogP) is 0.00460. The Balaban J connectivity index is 2.32. The third-order valence-electron chi connectivity index (χ3n) is 2.10. The van der Waals surface area contributed by atoms with Crippen LogP contribution in [0.2, 0.25) is 0 Å². The van der Waals surface area contributed by atoms with Crippen molar-refractivity contribution in [1.29, 1.82) is 0 Å². The zero-order valence-electron chi connectivity index (χ0n) is 8.19. The van der Waals surface area contributed by atoms with Crippen molar-refractivity contribution in [3.63, 3.8) is 0 Å². The third kappa shape index (κ3) is 2.97. The molecule has 4 heteroatoms. The molecule has 1 aliphatic heterocycles. The Morgan fingerprint density at radius 3 is 2.92 bits per heavy atom. The van der Waals surface area contributed by atoms with E-state index in [-0.39, 0.29) is 18.1 Å². The number of hydrogen-bond donors (Lipinski definition) is 1. The lowest BCUT2D eigenvalue weighted by Gasteiger charge is -2.16. The van der Waals surface area contributed by atoms with Gasteiger partial charge in [0, 0.05) is 13.1 Å². The van der Waals surface area contributed by atoms with Gasteiger partial charge >= 0.3 is 0 Å². The SMILES string of the molecule is CC(C)O[C@H]1CCN(C(=O)CO)C1. The van der Waals surface area contributed by atoms with Crippen LogP contribution in [0.5, 0.6) is 0 Å². The van der Waals surface area contributed by atoms with E-state index < -0.39 is 6.61 Å². The molecule has 0 saturated carbocycles. The van der Waals surface area contributed by atoms with Gasteiger partial charge in [-0.2, -0.15) is 0 Å². The van der Waals surface area contributed by atoms with Crippen molar-refractivity contribution in [2.45, 2.75) is 32.5 Å². The number of carbonyl (C=O) groups is 1. The fraction of sp³-hybridized carbons (Fsp3) is 0.889. The van der Waals surface area contributed by atoms with Crippen molar-refractivity contribution in [3.05, 3.63) is 0 Å². The summed E-state index contributed by atoms with van der Waals surface area (Å²) < 4.78 is 5.56. The van der Waals surface area contributed by atoms with Crippen LogP contribution in [-0.2, 0) is 9.53 Å². The van der Waals surface area contributed by atoms with E-state index in [0.717, 1.165) is 6.42 Å². The maximum absolute atomic E-state index is 11.1. The fourth-order valence-corrected chi connectivity index (χ4v) is 1.55. The highest BCUT2D eigenvalue weighted by Gasteiger charge is 2.26. The van der Waals surface area contributed by atoms with Gasteiger partial charge in [0.05, 0.1) is 12.2 Å². The van der Waals surface area contributed by atoms with E-state index in [9.17, 15) is 4.79 Å². The molecule has 1 amide bonds. The summed E-state index contributed by atoms with van der Waals surface area (Å²) in [5.41, 5.74) is 0. The quantitative estimate of drug-likeness (QED) is 0.677. The fourth-order valence-electron chi connectivity index (χ4n) is 1.55. The molecule has 1 fully saturated rings. The summed E-state index contributed by atoms with van der Waals surface area (Å²) in [4.78, 5) is 12.7. The highest BCUT2D eigenvalue weighted by atomic mass is 16.5. The van der Waals surface area contributed by atoms with Crippen LogP contribution in [0.1, 0.15) is 20.3 Å². The number of nitrogens with zero attached hydrogens (tertiary/aromatic N) is 1. The average Bonchev–Trinajstić information content (AvgIpc) is 2.50. The van der Waals surface area contributed by atoms with Gasteiger partial charge in [-0.3, -0.25) is 4.79 Å². The van der Waals surface area contributed by atoms with Gasteiger partial charge in [-0.15, -0.1) is 0 Å². The molecule has 1 aliphatic rings. The van der Waals surface area contributed by atoms with Crippen LogP contribution in [0.4, 0.5) is 0 Å². The van der Waals surface area contributed by atoms with Gasteiger partial charge in [0.2, 0.25) is 5.91 Å². The van der Waals surface area contributed by atoms with Crippen LogP contribution in [0.25, 0.3) is 0 Å². The maximum Gasteiger partial charge on any atom is 0.248 e. The van der Waals surface area contributed by atoms with Crippen molar-refractivity contribution >= 4 is 5.91 Å². The van der Waals surface area contributed by atoms with Gasteiger partial charge < -0.3 is 14.7 Å². The summed E-state index contributed by atoms with van der Waals surface area (Å²) in [7, 11) is 0. The second-order valence-corrected chi connectivity index (χ2v) is 3.59. The first-order valence-electron chi connectivity index (χ1n) is 4.67. The molecule has 0 aliphatic carbocycles. The second-order valence-electron chi connectivity index (χ2n) is 3.59. The lowest BCUT2D eigenvalue weighted by atomic mass is 10.3. The number of ether oxygens (including phenoxy) is 1. The van der Waals surface area contributed by atoms with Crippen LogP contribution in [-0.4, -0.2) is 47.8 Å². The standard InChI is InChI=1S/C9H17NO3/c1-7(2)13-8-3-4-10(5-8)9(12)6-11/h7-8,11H,3-6H2,1-2H3/t8-/m0/s1. The molecule has 76 valence electrons. The normalized spacial score (nSPS) is 22.8. The molecule has 1 N–H and O–H groups in total. The van der Waals surface area contributed by atoms with Gasteiger partial charge in [0.1, 0.15) is 6.61 Å². The summed E-state index contributed by atoms with van der Waals surface area (Å²) >= 11 is 0. The van der Waals surface area contributed by atoms with Crippen molar-refractivity contribution < 1.29 is 14.6 Å². The van der Waals surface area contributed by atoms with E-state index >= 15 is 0 Å². The molecule has 0 radical (unpaired) electrons. The summed E-state index contributed by atoms with van der Waals surface area (Å²) in [5, 5.41) is 8.63. The summed E-state index contributed by atoms with van der Waals surface area (Å²) in [6.45, 7) is 4.90. The molecule has 0 unspecified atom stereocenters. The van der Waals surface area contributed by atoms with Crippen molar-refractivity contribution in [2.75, 3.05) is 19.7 Å². The lowest BCUT2D eigenvalue weighted by Crippen LogP contribution is -2.32. The number of aliphatic hydroxyl groups excluding tert-OH is 1. The Morgan fingerprint density at radius 2 is 2.38 bits per heavy atom. The Morgan fingerprint density at radius 1 is 1.69 bits per heavy atom. The van der Waals surface area contributed by atoms with Crippen LogP contribution >= 0.6 is 0 Å². The van der Waals surface area contributed by atoms with Gasteiger partial charge in [0.15, 0.2) is 0 Å². The summed E-state index contributed by atoms with van der Waals surface area (Å²) in [6.07, 6.45) is 1.23. The molecular weight excluding hydrogens is 170 g/mol. The van der Waals surface area contributed by atoms with Gasteiger partial charge in [-0.25, -0.2) is 0 Å². The van der Waals surface area contributed by atoms with Gasteiger partial charge in [0.25, 0.3) is 0 Å². The van der Waals surface area contributed by atoms with Crippen molar-refractivity contribution in [2.24, 2.45) is 0 Å². The molecule has 0 aromatic rings. The number of aliphatic hydroxyl groups is 1. The largest absolute Gasteiger partial charge is 0.387 e. The topological polar surface area (TPSA) is 49.8 Å². The number of amides is 1. The number of hydrogen-bond acceptors (Lipinski definition) is 3. The highest BCUT2D eigenvalue weighted by Crippen LogP contribution is 2.14. The molecule has 4 nitrogen and oxygen atoms in total. The minimum absolute atomic E-state index is 0.149. The first-order valence-corrected chi connectivity index (χ1v) is 4.67. The molecule has 0 aromatic carbocycles. The minimum atomic E-state index is -0.394. The van der Waals surface area contributed by atoms with Crippen LogP contribution in [0.15, 0.2) is 0 Å². The van der Waals surface area contributed by atoms with E-state index in [1.165, 1.54) is 0 Å². The Bertz CT molecular complexity index is 182. The van der Waals surface area contributed by atoms with E-state index in [4.69, 9.17) is 9.84 Å². The van der Waals surface area contributed by atoms with E-state index in [1.54, 1.807) is 4.90 Å². The van der Waals surface area contributed by atoms with Gasteiger partial charge in [-0.1, -0.05) is 0 Å².